The number of para-hydroxylation sites is 1. The van der Waals surface area contributed by atoms with Crippen LogP contribution >= 0.6 is 0 Å². The van der Waals surface area contributed by atoms with E-state index >= 15 is 0 Å². The van der Waals surface area contributed by atoms with Crippen molar-refractivity contribution in [3.8, 4) is 0 Å². The zero-order valence-corrected chi connectivity index (χ0v) is 17.2. The molecule has 2 aromatic carbocycles. The molecule has 1 amide bonds. The van der Waals surface area contributed by atoms with E-state index in [1.165, 1.54) is 16.5 Å². The third-order valence-electron chi connectivity index (χ3n) is 4.98. The van der Waals surface area contributed by atoms with Crippen molar-refractivity contribution >= 4 is 22.6 Å². The highest BCUT2D eigenvalue weighted by Gasteiger charge is 2.11. The number of H-pyrrole nitrogens is 1. The van der Waals surface area contributed by atoms with E-state index in [9.17, 15) is 4.79 Å². The minimum atomic E-state index is -0.207. The SMILES string of the molecule is Cc1cccc(CNC(=O)c2cc(NCCc3c[nH]c4ccccc34)nc(C)n2)c1. The Kier molecular flexibility index (Phi) is 5.75. The van der Waals surface area contributed by atoms with Crippen molar-refractivity contribution in [3.63, 3.8) is 0 Å². The normalized spacial score (nSPS) is 10.9. The average molecular weight is 399 g/mol. The monoisotopic (exact) mass is 399 g/mol. The summed E-state index contributed by atoms with van der Waals surface area (Å²) >= 11 is 0. The van der Waals surface area contributed by atoms with E-state index in [1.54, 1.807) is 13.0 Å². The number of nitrogens with one attached hydrogen (secondary N) is 3. The predicted octanol–water partition coefficient (Wildman–Crippen LogP) is 4.16. The van der Waals surface area contributed by atoms with Gasteiger partial charge in [0.15, 0.2) is 0 Å². The van der Waals surface area contributed by atoms with Crippen molar-refractivity contribution in [2.45, 2.75) is 26.8 Å². The first kappa shape index (κ1) is 19.6. The van der Waals surface area contributed by atoms with Gasteiger partial charge in [-0.3, -0.25) is 4.79 Å². The van der Waals surface area contributed by atoms with Gasteiger partial charge in [-0.2, -0.15) is 0 Å². The van der Waals surface area contributed by atoms with Gasteiger partial charge in [0.05, 0.1) is 0 Å². The molecule has 0 aliphatic rings. The number of anilines is 1. The van der Waals surface area contributed by atoms with Crippen LogP contribution in [0.3, 0.4) is 0 Å². The van der Waals surface area contributed by atoms with Crippen LogP contribution in [-0.4, -0.2) is 27.4 Å². The van der Waals surface area contributed by atoms with Crippen LogP contribution in [0.4, 0.5) is 5.82 Å². The molecule has 30 heavy (non-hydrogen) atoms. The number of fused-ring (bicyclic) bond motifs is 1. The Morgan fingerprint density at radius 1 is 1.03 bits per heavy atom. The van der Waals surface area contributed by atoms with Crippen molar-refractivity contribution < 1.29 is 4.79 Å². The lowest BCUT2D eigenvalue weighted by atomic mass is 10.1. The van der Waals surface area contributed by atoms with Crippen LogP contribution in [0.1, 0.15) is 33.0 Å². The molecule has 2 aromatic heterocycles. The third kappa shape index (κ3) is 4.66. The highest BCUT2D eigenvalue weighted by atomic mass is 16.1. The Labute approximate surface area is 175 Å². The fraction of sp³-hybridized carbons (Fsp3) is 0.208. The molecular formula is C24H25N5O. The lowest BCUT2D eigenvalue weighted by molar-refractivity contribution is 0.0945. The van der Waals surface area contributed by atoms with Gasteiger partial charge in [-0.15, -0.1) is 0 Å². The van der Waals surface area contributed by atoms with Gasteiger partial charge in [-0.25, -0.2) is 9.97 Å². The zero-order chi connectivity index (χ0) is 20.9. The Balaban J connectivity index is 1.38. The van der Waals surface area contributed by atoms with E-state index in [2.05, 4.69) is 43.8 Å². The molecule has 6 heteroatoms. The van der Waals surface area contributed by atoms with E-state index < -0.39 is 0 Å². The van der Waals surface area contributed by atoms with Crippen molar-refractivity contribution in [3.05, 3.63) is 89.0 Å². The molecule has 0 saturated carbocycles. The number of hydrogen-bond donors (Lipinski definition) is 3. The van der Waals surface area contributed by atoms with Gasteiger partial charge >= 0.3 is 0 Å². The third-order valence-corrected chi connectivity index (χ3v) is 4.98. The van der Waals surface area contributed by atoms with Crippen LogP contribution in [0.2, 0.25) is 0 Å². The summed E-state index contributed by atoms with van der Waals surface area (Å²) in [5.74, 6) is 1.01. The zero-order valence-electron chi connectivity index (χ0n) is 17.2. The van der Waals surface area contributed by atoms with Crippen LogP contribution in [0, 0.1) is 13.8 Å². The van der Waals surface area contributed by atoms with Crippen molar-refractivity contribution in [1.82, 2.24) is 20.3 Å². The van der Waals surface area contributed by atoms with Gasteiger partial charge < -0.3 is 15.6 Å². The highest BCUT2D eigenvalue weighted by Crippen LogP contribution is 2.18. The number of rotatable bonds is 7. The summed E-state index contributed by atoms with van der Waals surface area (Å²) in [6, 6.07) is 18.0. The first-order valence-electron chi connectivity index (χ1n) is 10.1. The molecule has 0 atom stereocenters. The molecule has 0 aliphatic carbocycles. The molecule has 6 nitrogen and oxygen atoms in total. The van der Waals surface area contributed by atoms with Gasteiger partial charge in [0.1, 0.15) is 17.3 Å². The molecule has 0 saturated heterocycles. The fourth-order valence-electron chi connectivity index (χ4n) is 3.53. The van der Waals surface area contributed by atoms with Crippen molar-refractivity contribution in [1.29, 1.82) is 0 Å². The quantitative estimate of drug-likeness (QED) is 0.436. The van der Waals surface area contributed by atoms with Gasteiger partial charge in [0, 0.05) is 36.3 Å². The number of amides is 1. The smallest absolute Gasteiger partial charge is 0.270 e. The van der Waals surface area contributed by atoms with Crippen LogP contribution in [0.5, 0.6) is 0 Å². The molecule has 0 unspecified atom stereocenters. The summed E-state index contributed by atoms with van der Waals surface area (Å²) in [6.07, 6.45) is 2.89. The van der Waals surface area contributed by atoms with Crippen molar-refractivity contribution in [2.24, 2.45) is 0 Å². The first-order chi connectivity index (χ1) is 14.6. The summed E-state index contributed by atoms with van der Waals surface area (Å²) in [5.41, 5.74) is 4.98. The van der Waals surface area contributed by atoms with Gasteiger partial charge in [-0.05, 0) is 37.5 Å². The Hall–Kier alpha value is -3.67. The lowest BCUT2D eigenvalue weighted by Crippen LogP contribution is -2.24. The summed E-state index contributed by atoms with van der Waals surface area (Å²) in [7, 11) is 0. The average Bonchev–Trinajstić information content (AvgIpc) is 3.15. The van der Waals surface area contributed by atoms with Crippen LogP contribution in [0.25, 0.3) is 10.9 Å². The van der Waals surface area contributed by atoms with E-state index in [4.69, 9.17) is 0 Å². The van der Waals surface area contributed by atoms with Gasteiger partial charge in [0.25, 0.3) is 5.91 Å². The Morgan fingerprint density at radius 2 is 1.90 bits per heavy atom. The molecule has 3 N–H and O–H groups in total. The number of aryl methyl sites for hydroxylation is 2. The number of carbonyl (C=O) groups excluding carboxylic acids is 1. The number of benzene rings is 2. The Morgan fingerprint density at radius 3 is 2.77 bits per heavy atom. The van der Waals surface area contributed by atoms with E-state index in [1.807, 2.05) is 43.5 Å². The number of hydrogen-bond acceptors (Lipinski definition) is 4. The summed E-state index contributed by atoms with van der Waals surface area (Å²) in [5, 5.41) is 7.49. The number of carbonyl (C=O) groups is 1. The summed E-state index contributed by atoms with van der Waals surface area (Å²) < 4.78 is 0. The molecule has 0 bridgehead atoms. The molecule has 152 valence electrons. The number of aromatic amines is 1. The minimum Gasteiger partial charge on any atom is -0.370 e. The van der Waals surface area contributed by atoms with Gasteiger partial charge in [-0.1, -0.05) is 48.0 Å². The second-order valence-electron chi connectivity index (χ2n) is 7.39. The van der Waals surface area contributed by atoms with E-state index in [0.717, 1.165) is 17.5 Å². The molecule has 4 aromatic rings. The highest BCUT2D eigenvalue weighted by molar-refractivity contribution is 5.92. The fourth-order valence-corrected chi connectivity index (χ4v) is 3.53. The van der Waals surface area contributed by atoms with E-state index in [-0.39, 0.29) is 5.91 Å². The Bertz CT molecular complexity index is 1180. The van der Waals surface area contributed by atoms with Gasteiger partial charge in [0.2, 0.25) is 0 Å². The van der Waals surface area contributed by atoms with Crippen LogP contribution in [-0.2, 0) is 13.0 Å². The number of aromatic nitrogens is 3. The predicted molar refractivity (Wildman–Crippen MR) is 120 cm³/mol. The number of nitrogens with zero attached hydrogens (tertiary/aromatic N) is 2. The van der Waals surface area contributed by atoms with Crippen molar-refractivity contribution in [2.75, 3.05) is 11.9 Å². The standard InChI is InChI=1S/C24H25N5O/c1-16-6-5-7-18(12-16)14-27-24(30)22-13-23(29-17(2)28-22)25-11-10-19-15-26-21-9-4-3-8-20(19)21/h3-9,12-13,15,26H,10-11,14H2,1-2H3,(H,27,30)(H,25,28,29). The molecule has 0 fully saturated rings. The topological polar surface area (TPSA) is 82.7 Å². The second kappa shape index (κ2) is 8.78. The maximum atomic E-state index is 12.6. The second-order valence-corrected chi connectivity index (χ2v) is 7.39. The van der Waals surface area contributed by atoms with E-state index in [0.29, 0.717) is 30.4 Å². The molecule has 2 heterocycles. The van der Waals surface area contributed by atoms with Crippen LogP contribution in [0.15, 0.2) is 60.8 Å². The summed E-state index contributed by atoms with van der Waals surface area (Å²) in [4.78, 5) is 24.6. The molecule has 0 radical (unpaired) electrons. The lowest BCUT2D eigenvalue weighted by Gasteiger charge is -2.09. The summed E-state index contributed by atoms with van der Waals surface area (Å²) in [6.45, 7) is 5.01. The maximum absolute atomic E-state index is 12.6. The molecule has 0 aliphatic heterocycles. The molecule has 4 rings (SSSR count). The molecular weight excluding hydrogens is 374 g/mol. The first-order valence-corrected chi connectivity index (χ1v) is 10.1. The largest absolute Gasteiger partial charge is 0.370 e. The maximum Gasteiger partial charge on any atom is 0.270 e. The molecule has 0 spiro atoms. The minimum absolute atomic E-state index is 0.207. The van der Waals surface area contributed by atoms with Crippen LogP contribution < -0.4 is 10.6 Å².